The Hall–Kier alpha value is -3.80. The van der Waals surface area contributed by atoms with E-state index in [1.54, 1.807) is 30.3 Å². The Kier molecular flexibility index (Phi) is 5.52. The van der Waals surface area contributed by atoms with E-state index in [2.05, 4.69) is 10.6 Å². The molecule has 4 aromatic carbocycles. The number of hydrogen-bond donors (Lipinski definition) is 2. The molecule has 1 aromatic heterocycles. The number of hydrogen-bond acceptors (Lipinski definition) is 2. The summed E-state index contributed by atoms with van der Waals surface area (Å²) in [6.45, 7) is 0.493. The van der Waals surface area contributed by atoms with E-state index < -0.39 is 11.8 Å². The van der Waals surface area contributed by atoms with Gasteiger partial charge in [0.05, 0.1) is 11.0 Å². The van der Waals surface area contributed by atoms with Crippen molar-refractivity contribution in [2.45, 2.75) is 6.54 Å². The average Bonchev–Trinajstić information content (AvgIpc) is 3.12. The van der Waals surface area contributed by atoms with Gasteiger partial charge in [0, 0.05) is 44.1 Å². The van der Waals surface area contributed by atoms with Crippen molar-refractivity contribution in [1.29, 1.82) is 0 Å². The summed E-state index contributed by atoms with van der Waals surface area (Å²) in [5, 5.41) is 2.61. The highest BCUT2D eigenvalue weighted by Gasteiger charge is 2.18. The molecule has 0 aliphatic rings. The molecule has 0 unspecified atom stereocenters. The fraction of sp³-hybridized carbons (Fsp3) is 0.0370. The number of fused-ring (bicyclic) bond motifs is 3. The molecular weight excluding hydrogens is 469 g/mol. The highest BCUT2D eigenvalue weighted by Crippen LogP contribution is 2.37. The normalized spacial score (nSPS) is 11.2. The topological polar surface area (TPSA) is 91.1 Å². The number of amides is 2. The van der Waals surface area contributed by atoms with Crippen LogP contribution in [0.4, 0.5) is 0 Å². The number of carbonyl (C=O) groups is 2. The van der Waals surface area contributed by atoms with Crippen molar-refractivity contribution < 1.29 is 9.59 Å². The third-order valence-corrected chi connectivity index (χ3v) is 6.43. The molecule has 0 bridgehead atoms. The van der Waals surface area contributed by atoms with Gasteiger partial charge in [-0.2, -0.15) is 0 Å². The molecule has 0 saturated heterocycles. The highest BCUT2D eigenvalue weighted by atomic mass is 35.5. The Morgan fingerprint density at radius 1 is 0.882 bits per heavy atom. The van der Waals surface area contributed by atoms with E-state index in [1.807, 2.05) is 42.5 Å². The Bertz CT molecular complexity index is 1600. The number of carbonyl (C=O) groups excluding carboxylic acids is 2. The third kappa shape index (κ3) is 3.79. The zero-order valence-corrected chi connectivity index (χ0v) is 19.3. The Morgan fingerprint density at radius 3 is 2.32 bits per heavy atom. The lowest BCUT2D eigenvalue weighted by Crippen LogP contribution is -2.11. The highest BCUT2D eigenvalue weighted by molar-refractivity contribution is 6.36. The molecule has 1 heterocycles. The van der Waals surface area contributed by atoms with Crippen LogP contribution < -0.4 is 11.5 Å². The summed E-state index contributed by atoms with van der Waals surface area (Å²) in [6, 6.07) is 25.2. The predicted molar refractivity (Wildman–Crippen MR) is 136 cm³/mol. The molecular formula is C27H18Cl2N3O2. The van der Waals surface area contributed by atoms with Crippen molar-refractivity contribution in [2.75, 3.05) is 0 Å². The maximum absolute atomic E-state index is 12.2. The predicted octanol–water partition coefficient (Wildman–Crippen LogP) is 5.81. The first-order valence-corrected chi connectivity index (χ1v) is 11.2. The van der Waals surface area contributed by atoms with Gasteiger partial charge in [-0.05, 0) is 65.7 Å². The van der Waals surface area contributed by atoms with Crippen LogP contribution in [-0.2, 0) is 6.54 Å². The number of nitrogens with zero attached hydrogens (tertiary/aromatic N) is 1. The standard InChI is InChI=1S/C27H18Cl2N3O2/c28-18-9-11-19(22(29)13-18)17-8-10-20-24(12-17)32(14-15-4-6-16(7-5-15)26(30)33)23-3-1-2-21(25(20)23)27(31)34/h1-9,11-13H,14H2,(H2,30,33)(H2,31,34). The van der Waals surface area contributed by atoms with Crippen LogP contribution >= 0.6 is 23.2 Å². The Labute approximate surface area is 205 Å². The summed E-state index contributed by atoms with van der Waals surface area (Å²) < 4.78 is 2.10. The number of primary amides is 2. The zero-order valence-electron chi connectivity index (χ0n) is 17.8. The Morgan fingerprint density at radius 2 is 1.65 bits per heavy atom. The van der Waals surface area contributed by atoms with Gasteiger partial charge in [-0.3, -0.25) is 9.59 Å². The van der Waals surface area contributed by atoms with Crippen molar-refractivity contribution in [1.82, 2.24) is 4.57 Å². The number of nitrogens with two attached hydrogens (primary N) is 2. The molecule has 34 heavy (non-hydrogen) atoms. The van der Waals surface area contributed by atoms with Crippen molar-refractivity contribution in [3.05, 3.63) is 106 Å². The molecule has 5 nitrogen and oxygen atoms in total. The number of aromatic nitrogens is 1. The fourth-order valence-electron chi connectivity index (χ4n) is 4.27. The molecule has 0 saturated carbocycles. The van der Waals surface area contributed by atoms with Crippen molar-refractivity contribution in [3.63, 3.8) is 0 Å². The maximum atomic E-state index is 12.2. The smallest absolute Gasteiger partial charge is 0.249 e. The molecule has 4 N–H and O–H groups in total. The lowest BCUT2D eigenvalue weighted by molar-refractivity contribution is 0.0992. The van der Waals surface area contributed by atoms with Crippen molar-refractivity contribution in [2.24, 2.45) is 11.5 Å². The van der Waals surface area contributed by atoms with Gasteiger partial charge in [0.15, 0.2) is 0 Å². The average molecular weight is 487 g/mol. The minimum absolute atomic E-state index is 0.429. The van der Waals surface area contributed by atoms with Gasteiger partial charge in [-0.1, -0.05) is 47.5 Å². The first kappa shape index (κ1) is 22.0. The summed E-state index contributed by atoms with van der Waals surface area (Å²) in [7, 11) is 0. The molecule has 167 valence electrons. The van der Waals surface area contributed by atoms with Gasteiger partial charge in [0.25, 0.3) is 0 Å². The second kappa shape index (κ2) is 8.52. The van der Waals surface area contributed by atoms with E-state index in [9.17, 15) is 9.59 Å². The van der Waals surface area contributed by atoms with Gasteiger partial charge < -0.3 is 16.0 Å². The van der Waals surface area contributed by atoms with Crippen LogP contribution in [0.25, 0.3) is 32.9 Å². The van der Waals surface area contributed by atoms with Crippen LogP contribution in [0.1, 0.15) is 26.3 Å². The zero-order chi connectivity index (χ0) is 24.0. The van der Waals surface area contributed by atoms with Gasteiger partial charge in [0.1, 0.15) is 0 Å². The van der Waals surface area contributed by atoms with Gasteiger partial charge in [-0.15, -0.1) is 0 Å². The monoisotopic (exact) mass is 486 g/mol. The summed E-state index contributed by atoms with van der Waals surface area (Å²) >= 11 is 12.5. The molecule has 0 aliphatic heterocycles. The first-order chi connectivity index (χ1) is 16.3. The van der Waals surface area contributed by atoms with Crippen molar-refractivity contribution >= 4 is 56.8 Å². The molecule has 2 amide bonds. The van der Waals surface area contributed by atoms with Gasteiger partial charge in [-0.25, -0.2) is 0 Å². The number of halogens is 2. The van der Waals surface area contributed by atoms with E-state index in [4.69, 9.17) is 34.7 Å². The first-order valence-electron chi connectivity index (χ1n) is 10.4. The SMILES string of the molecule is NC(=O)c1ccc(Cn2c3cc(-c4ccc(Cl)cc4Cl)c[c]c3c3c(C(N)=O)cccc32)cc1. The molecule has 0 aliphatic carbocycles. The number of benzene rings is 4. The van der Waals surface area contributed by atoms with Crippen LogP contribution in [0, 0.1) is 6.07 Å². The fourth-order valence-corrected chi connectivity index (χ4v) is 4.79. The van der Waals surface area contributed by atoms with E-state index in [0.717, 1.165) is 38.5 Å². The van der Waals surface area contributed by atoms with Crippen LogP contribution in [0.15, 0.2) is 72.8 Å². The summed E-state index contributed by atoms with van der Waals surface area (Å²) in [4.78, 5) is 23.7. The molecule has 7 heteroatoms. The van der Waals surface area contributed by atoms with E-state index >= 15 is 0 Å². The quantitative estimate of drug-likeness (QED) is 0.327. The van der Waals surface area contributed by atoms with Crippen LogP contribution in [-0.4, -0.2) is 16.4 Å². The lowest BCUT2D eigenvalue weighted by Gasteiger charge is -2.10. The lowest BCUT2D eigenvalue weighted by atomic mass is 10.0. The summed E-state index contributed by atoms with van der Waals surface area (Å²) in [5.41, 5.74) is 16.3. The molecule has 5 aromatic rings. The molecule has 1 radical (unpaired) electrons. The molecule has 0 atom stereocenters. The van der Waals surface area contributed by atoms with E-state index in [0.29, 0.717) is 27.7 Å². The number of rotatable bonds is 5. The largest absolute Gasteiger partial charge is 0.366 e. The molecule has 0 fully saturated rings. The summed E-state index contributed by atoms with van der Waals surface area (Å²) in [5.74, 6) is -0.984. The molecule has 0 spiro atoms. The summed E-state index contributed by atoms with van der Waals surface area (Å²) in [6.07, 6.45) is 0. The van der Waals surface area contributed by atoms with Crippen molar-refractivity contribution in [3.8, 4) is 11.1 Å². The minimum atomic E-state index is -0.506. The Balaban J connectivity index is 1.75. The van der Waals surface area contributed by atoms with Crippen LogP contribution in [0.3, 0.4) is 0 Å². The molecule has 5 rings (SSSR count). The van der Waals surface area contributed by atoms with Gasteiger partial charge >= 0.3 is 0 Å². The van der Waals surface area contributed by atoms with Gasteiger partial charge in [0.2, 0.25) is 11.8 Å². The van der Waals surface area contributed by atoms with Crippen LogP contribution in [0.5, 0.6) is 0 Å². The van der Waals surface area contributed by atoms with Crippen LogP contribution in [0.2, 0.25) is 10.0 Å². The maximum Gasteiger partial charge on any atom is 0.249 e. The minimum Gasteiger partial charge on any atom is -0.366 e. The van der Waals surface area contributed by atoms with E-state index in [1.165, 1.54) is 0 Å². The second-order valence-corrected chi connectivity index (χ2v) is 8.83. The second-order valence-electron chi connectivity index (χ2n) is 7.98. The van der Waals surface area contributed by atoms with E-state index in [-0.39, 0.29) is 0 Å². The third-order valence-electron chi connectivity index (χ3n) is 5.88.